The van der Waals surface area contributed by atoms with Crippen LogP contribution in [0.3, 0.4) is 0 Å². The summed E-state index contributed by atoms with van der Waals surface area (Å²) in [6, 6.07) is 0. The van der Waals surface area contributed by atoms with E-state index in [0.717, 1.165) is 18.9 Å². The average molecular weight is 180 g/mol. The van der Waals surface area contributed by atoms with Crippen LogP contribution in [0.1, 0.15) is 38.4 Å². The van der Waals surface area contributed by atoms with Gasteiger partial charge in [0.15, 0.2) is 0 Å². The molecule has 0 aliphatic carbocycles. The van der Waals surface area contributed by atoms with Crippen molar-refractivity contribution in [3.63, 3.8) is 0 Å². The van der Waals surface area contributed by atoms with E-state index in [2.05, 4.69) is 37.5 Å². The van der Waals surface area contributed by atoms with Crippen molar-refractivity contribution in [3.05, 3.63) is 17.5 Å². The molecule has 0 fully saturated rings. The number of aryl methyl sites for hydroxylation is 2. The van der Waals surface area contributed by atoms with Crippen LogP contribution in [0.5, 0.6) is 0 Å². The van der Waals surface area contributed by atoms with E-state index in [4.69, 9.17) is 0 Å². The summed E-state index contributed by atoms with van der Waals surface area (Å²) in [6.45, 7) is 9.90. The molecular formula is C11H20N2. The van der Waals surface area contributed by atoms with Crippen LogP contribution in [0, 0.1) is 12.8 Å². The van der Waals surface area contributed by atoms with Crippen molar-refractivity contribution >= 4 is 0 Å². The Hall–Kier alpha value is -0.790. The van der Waals surface area contributed by atoms with Crippen LogP contribution in [0.25, 0.3) is 0 Å². The smallest absolute Gasteiger partial charge is 0.0521 e. The molecule has 0 amide bonds. The molecule has 0 spiro atoms. The third-order valence-corrected chi connectivity index (χ3v) is 2.41. The quantitative estimate of drug-likeness (QED) is 0.696. The molecule has 0 aromatic carbocycles. The maximum atomic E-state index is 4.38. The van der Waals surface area contributed by atoms with Crippen LogP contribution in [0.4, 0.5) is 0 Å². The lowest BCUT2D eigenvalue weighted by Crippen LogP contribution is -2.07. The zero-order valence-electron chi connectivity index (χ0n) is 9.17. The largest absolute Gasteiger partial charge is 0.269 e. The van der Waals surface area contributed by atoms with Gasteiger partial charge in [0.2, 0.25) is 0 Å². The van der Waals surface area contributed by atoms with E-state index >= 15 is 0 Å². The summed E-state index contributed by atoms with van der Waals surface area (Å²) in [5, 5.41) is 4.38. The molecular weight excluding hydrogens is 160 g/mol. The number of rotatable bonds is 4. The van der Waals surface area contributed by atoms with Gasteiger partial charge >= 0.3 is 0 Å². The normalized spacial score (nSPS) is 11.2. The summed E-state index contributed by atoms with van der Waals surface area (Å²) in [5.41, 5.74) is 2.71. The van der Waals surface area contributed by atoms with Crippen molar-refractivity contribution < 1.29 is 0 Å². The first kappa shape index (κ1) is 10.3. The van der Waals surface area contributed by atoms with E-state index in [1.165, 1.54) is 17.7 Å². The Labute approximate surface area is 81.0 Å². The second-order valence-electron chi connectivity index (χ2n) is 4.03. The second kappa shape index (κ2) is 4.45. The molecule has 0 saturated heterocycles. The Morgan fingerprint density at radius 2 is 2.15 bits per heavy atom. The molecule has 1 aromatic heterocycles. The van der Waals surface area contributed by atoms with Gasteiger partial charge in [-0.05, 0) is 31.2 Å². The third kappa shape index (κ3) is 2.58. The highest BCUT2D eigenvalue weighted by atomic mass is 15.3. The summed E-state index contributed by atoms with van der Waals surface area (Å²) >= 11 is 0. The summed E-state index contributed by atoms with van der Waals surface area (Å²) in [6.07, 6.45) is 4.28. The van der Waals surface area contributed by atoms with Crippen LogP contribution in [0.15, 0.2) is 6.20 Å². The van der Waals surface area contributed by atoms with E-state index < -0.39 is 0 Å². The molecule has 0 aliphatic heterocycles. The zero-order valence-corrected chi connectivity index (χ0v) is 9.17. The maximum absolute atomic E-state index is 4.38. The van der Waals surface area contributed by atoms with Crippen molar-refractivity contribution in [1.82, 2.24) is 9.78 Å². The molecule has 0 radical (unpaired) electrons. The molecule has 0 unspecified atom stereocenters. The van der Waals surface area contributed by atoms with E-state index in [-0.39, 0.29) is 0 Å². The van der Waals surface area contributed by atoms with Crippen LogP contribution >= 0.6 is 0 Å². The lowest BCUT2D eigenvalue weighted by Gasteiger charge is -2.08. The minimum absolute atomic E-state index is 0.759. The topological polar surface area (TPSA) is 17.8 Å². The average Bonchev–Trinajstić information content (AvgIpc) is 2.42. The molecule has 0 atom stereocenters. The fourth-order valence-corrected chi connectivity index (χ4v) is 1.54. The van der Waals surface area contributed by atoms with Gasteiger partial charge in [-0.15, -0.1) is 0 Å². The lowest BCUT2D eigenvalue weighted by atomic mass is 10.1. The number of nitrogens with zero attached hydrogens (tertiary/aromatic N) is 2. The SMILES string of the molecule is CCc1c(C)cnn1CCC(C)C. The summed E-state index contributed by atoms with van der Waals surface area (Å²) in [7, 11) is 0. The molecule has 74 valence electrons. The van der Waals surface area contributed by atoms with Crippen LogP contribution in [-0.2, 0) is 13.0 Å². The molecule has 0 saturated carbocycles. The standard InChI is InChI=1S/C11H20N2/c1-5-11-10(4)8-12-13(11)7-6-9(2)3/h8-9H,5-7H2,1-4H3. The van der Waals surface area contributed by atoms with Crippen LogP contribution in [-0.4, -0.2) is 9.78 Å². The van der Waals surface area contributed by atoms with E-state index in [1.54, 1.807) is 0 Å². The van der Waals surface area contributed by atoms with E-state index in [1.807, 2.05) is 6.20 Å². The van der Waals surface area contributed by atoms with Crippen molar-refractivity contribution in [2.45, 2.75) is 47.1 Å². The molecule has 1 aromatic rings. The van der Waals surface area contributed by atoms with E-state index in [0.29, 0.717) is 0 Å². The Bertz CT molecular complexity index is 261. The van der Waals surface area contributed by atoms with Gasteiger partial charge in [0.1, 0.15) is 0 Å². The number of aromatic nitrogens is 2. The lowest BCUT2D eigenvalue weighted by molar-refractivity contribution is 0.476. The molecule has 0 aliphatic rings. The highest BCUT2D eigenvalue weighted by molar-refractivity contribution is 5.15. The van der Waals surface area contributed by atoms with Crippen molar-refractivity contribution in [3.8, 4) is 0 Å². The first-order chi connectivity index (χ1) is 6.15. The number of hydrogen-bond donors (Lipinski definition) is 0. The highest BCUT2D eigenvalue weighted by Gasteiger charge is 2.05. The van der Waals surface area contributed by atoms with Gasteiger partial charge in [0.25, 0.3) is 0 Å². The minimum Gasteiger partial charge on any atom is -0.269 e. The van der Waals surface area contributed by atoms with Crippen molar-refractivity contribution in [1.29, 1.82) is 0 Å². The maximum Gasteiger partial charge on any atom is 0.0521 e. The first-order valence-corrected chi connectivity index (χ1v) is 5.16. The van der Waals surface area contributed by atoms with Gasteiger partial charge in [0, 0.05) is 12.2 Å². The zero-order chi connectivity index (χ0) is 9.84. The monoisotopic (exact) mass is 180 g/mol. The van der Waals surface area contributed by atoms with Gasteiger partial charge in [-0.2, -0.15) is 5.10 Å². The predicted molar refractivity (Wildman–Crippen MR) is 55.8 cm³/mol. The fourth-order valence-electron chi connectivity index (χ4n) is 1.54. The molecule has 1 rings (SSSR count). The van der Waals surface area contributed by atoms with Gasteiger partial charge in [-0.25, -0.2) is 0 Å². The Balaban J connectivity index is 2.65. The van der Waals surface area contributed by atoms with Crippen LogP contribution < -0.4 is 0 Å². The molecule has 2 heteroatoms. The fraction of sp³-hybridized carbons (Fsp3) is 0.727. The van der Waals surface area contributed by atoms with Gasteiger partial charge in [-0.3, -0.25) is 4.68 Å². The summed E-state index contributed by atoms with van der Waals surface area (Å²) in [5.74, 6) is 0.759. The first-order valence-electron chi connectivity index (χ1n) is 5.16. The molecule has 2 nitrogen and oxygen atoms in total. The molecule has 1 heterocycles. The molecule has 0 bridgehead atoms. The minimum atomic E-state index is 0.759. The second-order valence-corrected chi connectivity index (χ2v) is 4.03. The van der Waals surface area contributed by atoms with Crippen molar-refractivity contribution in [2.24, 2.45) is 5.92 Å². The highest BCUT2D eigenvalue weighted by Crippen LogP contribution is 2.10. The predicted octanol–water partition coefficient (Wildman–Crippen LogP) is 2.80. The Kier molecular flexibility index (Phi) is 3.52. The van der Waals surface area contributed by atoms with Gasteiger partial charge in [-0.1, -0.05) is 20.8 Å². The van der Waals surface area contributed by atoms with Gasteiger partial charge in [0.05, 0.1) is 6.20 Å². The summed E-state index contributed by atoms with van der Waals surface area (Å²) in [4.78, 5) is 0. The molecule has 13 heavy (non-hydrogen) atoms. The summed E-state index contributed by atoms with van der Waals surface area (Å²) < 4.78 is 2.15. The Morgan fingerprint density at radius 3 is 2.69 bits per heavy atom. The number of hydrogen-bond acceptors (Lipinski definition) is 1. The Morgan fingerprint density at radius 1 is 1.46 bits per heavy atom. The van der Waals surface area contributed by atoms with Crippen molar-refractivity contribution in [2.75, 3.05) is 0 Å². The van der Waals surface area contributed by atoms with Crippen LogP contribution in [0.2, 0.25) is 0 Å². The van der Waals surface area contributed by atoms with E-state index in [9.17, 15) is 0 Å². The van der Waals surface area contributed by atoms with Gasteiger partial charge < -0.3 is 0 Å². The molecule has 0 N–H and O–H groups in total. The third-order valence-electron chi connectivity index (χ3n) is 2.41.